The highest BCUT2D eigenvalue weighted by Gasteiger charge is 2.47. The van der Waals surface area contributed by atoms with E-state index in [4.69, 9.17) is 5.11 Å². The number of hydrogen-bond donors (Lipinski definition) is 3. The number of nitrogens with zero attached hydrogens (tertiary/aromatic N) is 1. The average Bonchev–Trinajstić information content (AvgIpc) is 2.63. The molecule has 0 amide bonds. The molecule has 1 aliphatic rings. The molecule has 16 heavy (non-hydrogen) atoms. The Bertz CT molecular complexity index is 489. The number of aromatic nitrogens is 2. The van der Waals surface area contributed by atoms with Crippen molar-refractivity contribution in [3.63, 3.8) is 0 Å². The van der Waals surface area contributed by atoms with Gasteiger partial charge in [0.25, 0.3) is 0 Å². The van der Waals surface area contributed by atoms with Gasteiger partial charge >= 0.3 is 5.97 Å². The molecule has 3 N–H and O–H groups in total. The lowest BCUT2D eigenvalue weighted by Gasteiger charge is -2.37. The summed E-state index contributed by atoms with van der Waals surface area (Å²) in [5.74, 6) is -1.13. The monoisotopic (exact) mass is 245 g/mol. The Morgan fingerprint density at radius 3 is 2.62 bits per heavy atom. The van der Waals surface area contributed by atoms with Crippen LogP contribution >= 0.6 is 0 Å². The van der Waals surface area contributed by atoms with Crippen molar-refractivity contribution in [3.8, 4) is 0 Å². The maximum absolute atomic E-state index is 11.8. The van der Waals surface area contributed by atoms with E-state index in [1.807, 2.05) is 0 Å². The van der Waals surface area contributed by atoms with Crippen molar-refractivity contribution in [2.24, 2.45) is 0 Å². The summed E-state index contributed by atoms with van der Waals surface area (Å²) in [5.41, 5.74) is -1.34. The topological polar surface area (TPSA) is 112 Å². The van der Waals surface area contributed by atoms with Crippen LogP contribution in [0.25, 0.3) is 0 Å². The van der Waals surface area contributed by atoms with Crippen LogP contribution in [0.1, 0.15) is 19.3 Å². The number of nitrogens with one attached hydrogen (secondary N) is 2. The molecule has 8 heteroatoms. The molecule has 0 unspecified atom stereocenters. The highest BCUT2D eigenvalue weighted by atomic mass is 32.2. The first-order valence-corrected chi connectivity index (χ1v) is 6.21. The lowest BCUT2D eigenvalue weighted by atomic mass is 9.78. The molecule has 1 fully saturated rings. The lowest BCUT2D eigenvalue weighted by molar-refractivity contribution is -0.147. The van der Waals surface area contributed by atoms with Crippen LogP contribution in [0.5, 0.6) is 0 Å². The molecular weight excluding hydrogens is 234 g/mol. The SMILES string of the molecule is O=C(O)C1(NS(=O)(=O)c2cn[nH]c2)CCC1. The zero-order chi connectivity index (χ0) is 11.8. The number of carboxylic acid groups (broad SMARTS) is 1. The number of aliphatic carboxylic acids is 1. The van der Waals surface area contributed by atoms with Crippen molar-refractivity contribution >= 4 is 16.0 Å². The van der Waals surface area contributed by atoms with E-state index in [2.05, 4.69) is 14.9 Å². The normalized spacial score (nSPS) is 19.0. The summed E-state index contributed by atoms with van der Waals surface area (Å²) in [4.78, 5) is 10.9. The molecule has 0 radical (unpaired) electrons. The number of rotatable bonds is 4. The fourth-order valence-electron chi connectivity index (χ4n) is 1.59. The van der Waals surface area contributed by atoms with Gasteiger partial charge < -0.3 is 5.11 Å². The van der Waals surface area contributed by atoms with Gasteiger partial charge in [-0.1, -0.05) is 0 Å². The fourth-order valence-corrected chi connectivity index (χ4v) is 2.92. The quantitative estimate of drug-likeness (QED) is 0.674. The van der Waals surface area contributed by atoms with E-state index < -0.39 is 21.5 Å². The molecule has 0 aliphatic heterocycles. The summed E-state index contributed by atoms with van der Waals surface area (Å²) < 4.78 is 25.8. The summed E-state index contributed by atoms with van der Waals surface area (Å²) in [6, 6.07) is 0. The van der Waals surface area contributed by atoms with E-state index in [-0.39, 0.29) is 4.90 Å². The van der Waals surface area contributed by atoms with E-state index >= 15 is 0 Å². The van der Waals surface area contributed by atoms with Crippen molar-refractivity contribution in [2.45, 2.75) is 29.7 Å². The van der Waals surface area contributed by atoms with Gasteiger partial charge in [-0.05, 0) is 19.3 Å². The van der Waals surface area contributed by atoms with Crippen molar-refractivity contribution in [2.75, 3.05) is 0 Å². The molecule has 88 valence electrons. The van der Waals surface area contributed by atoms with Crippen LogP contribution in [0.2, 0.25) is 0 Å². The predicted molar refractivity (Wildman–Crippen MR) is 53.1 cm³/mol. The summed E-state index contributed by atoms with van der Waals surface area (Å²) in [6.45, 7) is 0. The van der Waals surface area contributed by atoms with E-state index in [0.29, 0.717) is 19.3 Å². The predicted octanol–water partition coefficient (Wildman–Crippen LogP) is -0.305. The Morgan fingerprint density at radius 1 is 1.56 bits per heavy atom. The van der Waals surface area contributed by atoms with Gasteiger partial charge in [0.1, 0.15) is 10.4 Å². The average molecular weight is 245 g/mol. The second-order valence-electron chi connectivity index (χ2n) is 3.78. The Labute approximate surface area is 91.9 Å². The summed E-state index contributed by atoms with van der Waals surface area (Å²) in [5, 5.41) is 14.9. The zero-order valence-corrected chi connectivity index (χ0v) is 9.12. The zero-order valence-electron chi connectivity index (χ0n) is 8.30. The van der Waals surface area contributed by atoms with E-state index in [0.717, 1.165) is 6.20 Å². The first kappa shape index (κ1) is 11.1. The van der Waals surface area contributed by atoms with Gasteiger partial charge in [0.15, 0.2) is 0 Å². The number of H-pyrrole nitrogens is 1. The summed E-state index contributed by atoms with van der Waals surface area (Å²) >= 11 is 0. The molecule has 0 atom stereocenters. The van der Waals surface area contributed by atoms with Crippen LogP contribution in [0.4, 0.5) is 0 Å². The van der Waals surface area contributed by atoms with Crippen LogP contribution in [0.15, 0.2) is 17.3 Å². The standard InChI is InChI=1S/C8H11N3O4S/c12-7(13)8(2-1-3-8)11-16(14,15)6-4-9-10-5-6/h4-5,11H,1-3H2,(H,9,10)(H,12,13). The molecule has 0 spiro atoms. The van der Waals surface area contributed by atoms with Gasteiger partial charge in [0.05, 0.1) is 6.20 Å². The van der Waals surface area contributed by atoms with Crippen molar-refractivity contribution < 1.29 is 18.3 Å². The minimum absolute atomic E-state index is 0.0555. The van der Waals surface area contributed by atoms with Gasteiger partial charge in [-0.2, -0.15) is 9.82 Å². The third-order valence-corrected chi connectivity index (χ3v) is 4.23. The Kier molecular flexibility index (Phi) is 2.47. The third-order valence-electron chi connectivity index (χ3n) is 2.73. The van der Waals surface area contributed by atoms with Gasteiger partial charge in [-0.15, -0.1) is 0 Å². The largest absolute Gasteiger partial charge is 0.480 e. The smallest absolute Gasteiger partial charge is 0.324 e. The molecule has 0 aromatic carbocycles. The first-order valence-electron chi connectivity index (χ1n) is 4.72. The second-order valence-corrected chi connectivity index (χ2v) is 5.46. The number of carbonyl (C=O) groups is 1. The second kappa shape index (κ2) is 3.56. The van der Waals surface area contributed by atoms with E-state index in [1.165, 1.54) is 6.20 Å². The number of carboxylic acids is 1. The van der Waals surface area contributed by atoms with Crippen molar-refractivity contribution in [1.29, 1.82) is 0 Å². The van der Waals surface area contributed by atoms with Gasteiger partial charge in [0, 0.05) is 6.20 Å². The van der Waals surface area contributed by atoms with E-state index in [9.17, 15) is 13.2 Å². The first-order chi connectivity index (χ1) is 7.46. The summed E-state index contributed by atoms with van der Waals surface area (Å²) in [6.07, 6.45) is 3.69. The fraction of sp³-hybridized carbons (Fsp3) is 0.500. The molecule has 1 aromatic heterocycles. The number of sulfonamides is 1. The minimum Gasteiger partial charge on any atom is -0.480 e. The van der Waals surface area contributed by atoms with Crippen LogP contribution in [0.3, 0.4) is 0 Å². The molecule has 1 aliphatic carbocycles. The van der Waals surface area contributed by atoms with Crippen LogP contribution in [-0.4, -0.2) is 35.2 Å². The lowest BCUT2D eigenvalue weighted by Crippen LogP contribution is -2.58. The van der Waals surface area contributed by atoms with Crippen LogP contribution in [-0.2, 0) is 14.8 Å². The molecule has 1 aromatic rings. The van der Waals surface area contributed by atoms with Gasteiger partial charge in [-0.3, -0.25) is 9.89 Å². The highest BCUT2D eigenvalue weighted by Crippen LogP contribution is 2.33. The van der Waals surface area contributed by atoms with Crippen LogP contribution < -0.4 is 4.72 Å². The molecule has 1 heterocycles. The molecular formula is C8H11N3O4S. The van der Waals surface area contributed by atoms with Crippen molar-refractivity contribution in [3.05, 3.63) is 12.4 Å². The Morgan fingerprint density at radius 2 is 2.25 bits per heavy atom. The number of hydrogen-bond acceptors (Lipinski definition) is 4. The maximum atomic E-state index is 11.8. The van der Waals surface area contributed by atoms with Gasteiger partial charge in [0.2, 0.25) is 10.0 Å². The van der Waals surface area contributed by atoms with Gasteiger partial charge in [-0.25, -0.2) is 8.42 Å². The van der Waals surface area contributed by atoms with Crippen LogP contribution in [0, 0.1) is 0 Å². The number of aromatic amines is 1. The Balaban J connectivity index is 2.25. The Hall–Kier alpha value is -1.41. The maximum Gasteiger partial charge on any atom is 0.324 e. The van der Waals surface area contributed by atoms with Crippen molar-refractivity contribution in [1.82, 2.24) is 14.9 Å². The molecule has 0 saturated heterocycles. The highest BCUT2D eigenvalue weighted by molar-refractivity contribution is 7.89. The minimum atomic E-state index is -3.81. The van der Waals surface area contributed by atoms with E-state index in [1.54, 1.807) is 0 Å². The summed E-state index contributed by atoms with van der Waals surface area (Å²) in [7, 11) is -3.81. The molecule has 0 bridgehead atoms. The third kappa shape index (κ3) is 1.69. The molecule has 1 saturated carbocycles. The molecule has 7 nitrogen and oxygen atoms in total. The molecule has 2 rings (SSSR count).